The first kappa shape index (κ1) is 24.2. The van der Waals surface area contributed by atoms with Crippen molar-refractivity contribution in [3.63, 3.8) is 0 Å². The van der Waals surface area contributed by atoms with Gasteiger partial charge in [0.05, 0.1) is 12.6 Å². The van der Waals surface area contributed by atoms with E-state index in [0.717, 1.165) is 5.56 Å². The molecule has 3 atom stereocenters. The maximum Gasteiger partial charge on any atom is 0.326 e. The molecule has 2 fully saturated rings. The van der Waals surface area contributed by atoms with E-state index in [1.807, 2.05) is 30.3 Å². The van der Waals surface area contributed by atoms with Crippen molar-refractivity contribution < 1.29 is 29.0 Å². The molecule has 0 aromatic heterocycles. The highest BCUT2D eigenvalue weighted by Crippen LogP contribution is 2.41. The lowest BCUT2D eigenvalue weighted by molar-refractivity contribution is -0.156. The first-order chi connectivity index (χ1) is 15.4. The summed E-state index contributed by atoms with van der Waals surface area (Å²) >= 11 is 0. The van der Waals surface area contributed by atoms with Gasteiger partial charge in [-0.2, -0.15) is 0 Å². The molecule has 3 rings (SSSR count). The van der Waals surface area contributed by atoms with E-state index in [4.69, 9.17) is 9.47 Å². The van der Waals surface area contributed by atoms with E-state index in [2.05, 4.69) is 5.32 Å². The number of carbonyl (C=O) groups is 3. The Morgan fingerprint density at radius 3 is 2.53 bits per heavy atom. The summed E-state index contributed by atoms with van der Waals surface area (Å²) in [6.45, 7) is 4.72. The van der Waals surface area contributed by atoms with Gasteiger partial charge in [0.15, 0.2) is 0 Å². The Morgan fingerprint density at radius 1 is 1.22 bits per heavy atom. The Bertz CT molecular complexity index is 793. The molecule has 8 nitrogen and oxygen atoms in total. The van der Waals surface area contributed by atoms with Gasteiger partial charge in [-0.15, -0.1) is 0 Å². The number of aliphatic carboxylic acids is 1. The van der Waals surface area contributed by atoms with Crippen LogP contribution in [0, 0.1) is 0 Å². The van der Waals surface area contributed by atoms with Crippen LogP contribution < -0.4 is 5.32 Å². The van der Waals surface area contributed by atoms with Gasteiger partial charge < -0.3 is 19.5 Å². The van der Waals surface area contributed by atoms with Gasteiger partial charge in [-0.3, -0.25) is 14.9 Å². The fraction of sp³-hybridized carbons (Fsp3) is 0.625. The fourth-order valence-corrected chi connectivity index (χ4v) is 4.90. The van der Waals surface area contributed by atoms with Crippen LogP contribution in [-0.4, -0.2) is 71.3 Å². The normalized spacial score (nSPS) is 21.8. The third-order valence-corrected chi connectivity index (χ3v) is 6.61. The zero-order valence-electron chi connectivity index (χ0n) is 18.9. The summed E-state index contributed by atoms with van der Waals surface area (Å²) in [6.07, 6.45) is 3.47. The second-order valence-corrected chi connectivity index (χ2v) is 8.65. The topological polar surface area (TPSA) is 105 Å². The third-order valence-electron chi connectivity index (χ3n) is 6.61. The van der Waals surface area contributed by atoms with E-state index in [9.17, 15) is 19.5 Å². The SMILES string of the molecule is CCOC(=O)C(CCc1ccccc1)N[C@@H](C)C(=O)N1[C@H](C(=O)O)CCC12CCOCC2. The van der Waals surface area contributed by atoms with Crippen molar-refractivity contribution in [2.24, 2.45) is 0 Å². The van der Waals surface area contributed by atoms with Crippen molar-refractivity contribution in [1.82, 2.24) is 10.2 Å². The van der Waals surface area contributed by atoms with E-state index in [0.29, 0.717) is 51.7 Å². The van der Waals surface area contributed by atoms with Crippen LogP contribution in [0.15, 0.2) is 30.3 Å². The number of aryl methyl sites for hydroxylation is 1. The van der Waals surface area contributed by atoms with Gasteiger partial charge in [-0.25, -0.2) is 4.79 Å². The molecule has 2 saturated heterocycles. The second-order valence-electron chi connectivity index (χ2n) is 8.65. The lowest BCUT2D eigenvalue weighted by Crippen LogP contribution is -2.60. The molecule has 0 bridgehead atoms. The summed E-state index contributed by atoms with van der Waals surface area (Å²) in [5.41, 5.74) is 0.604. The fourth-order valence-electron chi connectivity index (χ4n) is 4.90. The Morgan fingerprint density at radius 2 is 1.91 bits per heavy atom. The predicted molar refractivity (Wildman–Crippen MR) is 118 cm³/mol. The molecular weight excluding hydrogens is 412 g/mol. The standard InChI is InChI=1S/C24H34N2O6/c1-3-32-23(30)19(10-9-18-7-5-4-6-8-18)25-17(2)21(27)26-20(22(28)29)11-12-24(26)13-15-31-16-14-24/h4-8,17,19-20,25H,3,9-16H2,1-2H3,(H,28,29)/t17-,19?,20-/m0/s1. The van der Waals surface area contributed by atoms with Crippen LogP contribution in [0.25, 0.3) is 0 Å². The number of carboxylic acid groups (broad SMARTS) is 1. The number of hydrogen-bond acceptors (Lipinski definition) is 6. The number of nitrogens with one attached hydrogen (secondary N) is 1. The average Bonchev–Trinajstić information content (AvgIpc) is 3.15. The molecule has 1 aromatic rings. The lowest BCUT2D eigenvalue weighted by Gasteiger charge is -2.44. The van der Waals surface area contributed by atoms with Crippen LogP contribution in [0.1, 0.15) is 51.5 Å². The first-order valence-electron chi connectivity index (χ1n) is 11.5. The van der Waals surface area contributed by atoms with Crippen molar-refractivity contribution in [3.8, 4) is 0 Å². The predicted octanol–water partition coefficient (Wildman–Crippen LogP) is 2.15. The summed E-state index contributed by atoms with van der Waals surface area (Å²) in [6, 6.07) is 7.58. The van der Waals surface area contributed by atoms with E-state index >= 15 is 0 Å². The molecule has 176 valence electrons. The molecule has 1 spiro atoms. The van der Waals surface area contributed by atoms with Crippen molar-refractivity contribution in [2.45, 2.75) is 76.0 Å². The minimum atomic E-state index is -0.986. The van der Waals surface area contributed by atoms with E-state index in [1.165, 1.54) is 0 Å². The number of ether oxygens (including phenoxy) is 2. The molecule has 2 aliphatic heterocycles. The van der Waals surface area contributed by atoms with Crippen LogP contribution in [-0.2, 0) is 30.3 Å². The minimum absolute atomic E-state index is 0.251. The van der Waals surface area contributed by atoms with Gasteiger partial charge in [0.2, 0.25) is 5.91 Å². The van der Waals surface area contributed by atoms with Gasteiger partial charge in [0, 0.05) is 18.8 Å². The van der Waals surface area contributed by atoms with Gasteiger partial charge in [-0.1, -0.05) is 30.3 Å². The molecule has 1 unspecified atom stereocenters. The molecule has 2 heterocycles. The Labute approximate surface area is 189 Å². The summed E-state index contributed by atoms with van der Waals surface area (Å²) in [5.74, 6) is -1.68. The molecule has 0 saturated carbocycles. The van der Waals surface area contributed by atoms with E-state index in [-0.39, 0.29) is 12.5 Å². The summed E-state index contributed by atoms with van der Waals surface area (Å²) in [5, 5.41) is 12.9. The number of esters is 1. The van der Waals surface area contributed by atoms with Crippen LogP contribution in [0.3, 0.4) is 0 Å². The quantitative estimate of drug-likeness (QED) is 0.560. The van der Waals surface area contributed by atoms with Crippen LogP contribution in [0.5, 0.6) is 0 Å². The molecule has 0 aliphatic carbocycles. The second kappa shape index (κ2) is 10.9. The Kier molecular flexibility index (Phi) is 8.26. The largest absolute Gasteiger partial charge is 0.480 e. The summed E-state index contributed by atoms with van der Waals surface area (Å²) < 4.78 is 10.7. The van der Waals surface area contributed by atoms with Gasteiger partial charge in [0.25, 0.3) is 0 Å². The molecule has 1 aromatic carbocycles. The number of amides is 1. The van der Waals surface area contributed by atoms with Crippen LogP contribution in [0.4, 0.5) is 0 Å². The van der Waals surface area contributed by atoms with E-state index in [1.54, 1.807) is 18.7 Å². The average molecular weight is 447 g/mol. The smallest absolute Gasteiger partial charge is 0.326 e. The van der Waals surface area contributed by atoms with E-state index < -0.39 is 35.6 Å². The lowest BCUT2D eigenvalue weighted by atomic mass is 9.87. The number of nitrogens with zero attached hydrogens (tertiary/aromatic N) is 1. The molecule has 2 aliphatic rings. The number of carboxylic acids is 1. The van der Waals surface area contributed by atoms with Crippen molar-refractivity contribution in [3.05, 3.63) is 35.9 Å². The highest BCUT2D eigenvalue weighted by molar-refractivity contribution is 5.89. The zero-order valence-corrected chi connectivity index (χ0v) is 18.9. The zero-order chi connectivity index (χ0) is 23.1. The van der Waals surface area contributed by atoms with Gasteiger partial charge >= 0.3 is 11.9 Å². The van der Waals surface area contributed by atoms with Crippen molar-refractivity contribution in [1.29, 1.82) is 0 Å². The third kappa shape index (κ3) is 5.48. The number of rotatable bonds is 9. The summed E-state index contributed by atoms with van der Waals surface area (Å²) in [7, 11) is 0. The minimum Gasteiger partial charge on any atom is -0.480 e. The summed E-state index contributed by atoms with van der Waals surface area (Å²) in [4.78, 5) is 39.6. The maximum atomic E-state index is 13.5. The van der Waals surface area contributed by atoms with Gasteiger partial charge in [-0.05, 0) is 57.9 Å². The Hall–Kier alpha value is -2.45. The first-order valence-corrected chi connectivity index (χ1v) is 11.5. The number of hydrogen-bond donors (Lipinski definition) is 2. The number of likely N-dealkylation sites (tertiary alicyclic amines) is 1. The molecule has 32 heavy (non-hydrogen) atoms. The van der Waals surface area contributed by atoms with Gasteiger partial charge in [0.1, 0.15) is 12.1 Å². The number of benzene rings is 1. The maximum absolute atomic E-state index is 13.5. The van der Waals surface area contributed by atoms with Crippen molar-refractivity contribution >= 4 is 17.8 Å². The monoisotopic (exact) mass is 446 g/mol. The Balaban J connectivity index is 1.74. The van der Waals surface area contributed by atoms with Crippen molar-refractivity contribution in [2.75, 3.05) is 19.8 Å². The van der Waals surface area contributed by atoms with Crippen LogP contribution >= 0.6 is 0 Å². The molecule has 8 heteroatoms. The van der Waals surface area contributed by atoms with Crippen LogP contribution in [0.2, 0.25) is 0 Å². The highest BCUT2D eigenvalue weighted by Gasteiger charge is 2.52. The molecule has 1 amide bonds. The highest BCUT2D eigenvalue weighted by atomic mass is 16.5. The molecular formula is C24H34N2O6. The molecule has 2 N–H and O–H groups in total. The number of carbonyl (C=O) groups excluding carboxylic acids is 2. The molecule has 0 radical (unpaired) electrons.